The third-order valence-electron chi connectivity index (χ3n) is 3.16. The van der Waals surface area contributed by atoms with Gasteiger partial charge in [0.15, 0.2) is 0 Å². The Bertz CT molecular complexity index is 586. The molecule has 0 saturated carbocycles. The van der Waals surface area contributed by atoms with E-state index in [9.17, 15) is 0 Å². The van der Waals surface area contributed by atoms with E-state index in [1.54, 1.807) is 7.11 Å². The van der Waals surface area contributed by atoms with E-state index < -0.39 is 0 Å². The first-order valence-corrected chi connectivity index (χ1v) is 7.20. The van der Waals surface area contributed by atoms with Crippen LogP contribution in [-0.4, -0.2) is 13.7 Å². The highest BCUT2D eigenvalue weighted by Gasteiger charge is 2.15. The molecule has 2 aromatic carbocycles. The Morgan fingerprint density at radius 2 is 1.95 bits per heavy atom. The van der Waals surface area contributed by atoms with Gasteiger partial charge in [-0.15, -0.1) is 0 Å². The Hall–Kier alpha value is -1.52. The highest BCUT2D eigenvalue weighted by molar-refractivity contribution is 9.10. The summed E-state index contributed by atoms with van der Waals surface area (Å²) in [6.45, 7) is 2.48. The number of ether oxygens (including phenoxy) is 2. The molecule has 0 amide bonds. The Labute approximate surface area is 127 Å². The molecule has 20 heavy (non-hydrogen) atoms. The van der Waals surface area contributed by atoms with Crippen molar-refractivity contribution < 1.29 is 9.47 Å². The van der Waals surface area contributed by atoms with Crippen molar-refractivity contribution in [2.45, 2.75) is 13.0 Å². The van der Waals surface area contributed by atoms with Gasteiger partial charge in [-0.25, -0.2) is 0 Å². The molecule has 1 atom stereocenters. The summed E-state index contributed by atoms with van der Waals surface area (Å²) in [6.07, 6.45) is -0.166. The zero-order chi connectivity index (χ0) is 14.5. The van der Waals surface area contributed by atoms with Crippen molar-refractivity contribution in [3.05, 3.63) is 58.1 Å². The molecule has 0 aliphatic carbocycles. The van der Waals surface area contributed by atoms with E-state index in [0.717, 1.165) is 21.5 Å². The van der Waals surface area contributed by atoms with Crippen LogP contribution in [0.5, 0.6) is 11.5 Å². The summed E-state index contributed by atoms with van der Waals surface area (Å²) >= 11 is 3.49. The van der Waals surface area contributed by atoms with Gasteiger partial charge in [-0.3, -0.25) is 0 Å². The van der Waals surface area contributed by atoms with Gasteiger partial charge in [0.2, 0.25) is 0 Å². The quantitative estimate of drug-likeness (QED) is 0.902. The van der Waals surface area contributed by atoms with Crippen LogP contribution in [0.25, 0.3) is 0 Å². The molecule has 0 spiro atoms. The summed E-state index contributed by atoms with van der Waals surface area (Å²) in [6, 6.07) is 13.7. The minimum absolute atomic E-state index is 0.166. The molecule has 1 unspecified atom stereocenters. The second-order valence-corrected chi connectivity index (χ2v) is 5.35. The lowest BCUT2D eigenvalue weighted by molar-refractivity contribution is 0.212. The standard InChI is InChI=1S/C16H18BrNO2/c1-11-5-3-4-6-13(11)16(10-18)20-15-8-7-12(19-2)9-14(15)17/h3-9,16H,10,18H2,1-2H3. The average Bonchev–Trinajstić information content (AvgIpc) is 2.47. The summed E-state index contributed by atoms with van der Waals surface area (Å²) in [5.41, 5.74) is 8.15. The fraction of sp³-hybridized carbons (Fsp3) is 0.250. The minimum Gasteiger partial charge on any atom is -0.497 e. The molecule has 0 aliphatic rings. The van der Waals surface area contributed by atoms with Crippen molar-refractivity contribution in [2.75, 3.05) is 13.7 Å². The molecule has 0 aromatic heterocycles. The molecular weight excluding hydrogens is 318 g/mol. The second kappa shape index (κ2) is 6.77. The van der Waals surface area contributed by atoms with Crippen molar-refractivity contribution in [1.29, 1.82) is 0 Å². The smallest absolute Gasteiger partial charge is 0.136 e. The van der Waals surface area contributed by atoms with Gasteiger partial charge in [0.25, 0.3) is 0 Å². The molecule has 0 bridgehead atoms. The van der Waals surface area contributed by atoms with Crippen molar-refractivity contribution in [1.82, 2.24) is 0 Å². The number of halogens is 1. The fourth-order valence-corrected chi connectivity index (χ4v) is 2.50. The van der Waals surface area contributed by atoms with Crippen LogP contribution in [0.15, 0.2) is 46.9 Å². The number of methoxy groups -OCH3 is 1. The second-order valence-electron chi connectivity index (χ2n) is 4.50. The average molecular weight is 336 g/mol. The predicted octanol–water partition coefficient (Wildman–Crippen LogP) is 3.84. The maximum atomic E-state index is 6.03. The largest absolute Gasteiger partial charge is 0.497 e. The van der Waals surface area contributed by atoms with Crippen LogP contribution in [-0.2, 0) is 0 Å². The maximum Gasteiger partial charge on any atom is 0.136 e. The van der Waals surface area contributed by atoms with E-state index in [4.69, 9.17) is 15.2 Å². The Morgan fingerprint density at radius 1 is 1.20 bits per heavy atom. The lowest BCUT2D eigenvalue weighted by Crippen LogP contribution is -2.19. The summed E-state index contributed by atoms with van der Waals surface area (Å²) in [5, 5.41) is 0. The topological polar surface area (TPSA) is 44.5 Å². The van der Waals surface area contributed by atoms with E-state index in [1.165, 1.54) is 5.56 Å². The number of nitrogens with two attached hydrogens (primary N) is 1. The lowest BCUT2D eigenvalue weighted by atomic mass is 10.0. The Balaban J connectivity index is 2.25. The van der Waals surface area contributed by atoms with Crippen LogP contribution < -0.4 is 15.2 Å². The zero-order valence-electron chi connectivity index (χ0n) is 11.6. The van der Waals surface area contributed by atoms with Crippen molar-refractivity contribution in [2.24, 2.45) is 5.73 Å². The minimum atomic E-state index is -0.166. The van der Waals surface area contributed by atoms with Gasteiger partial charge in [0.1, 0.15) is 17.6 Å². The molecule has 3 nitrogen and oxygen atoms in total. The molecule has 106 valence electrons. The van der Waals surface area contributed by atoms with Crippen molar-refractivity contribution >= 4 is 15.9 Å². The van der Waals surface area contributed by atoms with E-state index in [0.29, 0.717) is 6.54 Å². The Morgan fingerprint density at radius 3 is 2.55 bits per heavy atom. The lowest BCUT2D eigenvalue weighted by Gasteiger charge is -2.20. The van der Waals surface area contributed by atoms with E-state index >= 15 is 0 Å². The van der Waals surface area contributed by atoms with Crippen LogP contribution in [0.1, 0.15) is 17.2 Å². The van der Waals surface area contributed by atoms with E-state index in [2.05, 4.69) is 28.9 Å². The monoisotopic (exact) mass is 335 g/mol. The van der Waals surface area contributed by atoms with Gasteiger partial charge in [0.05, 0.1) is 11.6 Å². The number of rotatable bonds is 5. The molecule has 2 rings (SSSR count). The highest BCUT2D eigenvalue weighted by Crippen LogP contribution is 2.32. The van der Waals surface area contributed by atoms with Crippen LogP contribution in [0.3, 0.4) is 0 Å². The molecular formula is C16H18BrNO2. The van der Waals surface area contributed by atoms with Crippen LogP contribution >= 0.6 is 15.9 Å². The van der Waals surface area contributed by atoms with Gasteiger partial charge >= 0.3 is 0 Å². The Kier molecular flexibility index (Phi) is 5.04. The van der Waals surface area contributed by atoms with Crippen LogP contribution in [0.4, 0.5) is 0 Å². The van der Waals surface area contributed by atoms with Gasteiger partial charge in [-0.05, 0) is 52.2 Å². The molecule has 0 heterocycles. The van der Waals surface area contributed by atoms with Gasteiger partial charge in [-0.1, -0.05) is 24.3 Å². The maximum absolute atomic E-state index is 6.03. The molecule has 2 N–H and O–H groups in total. The van der Waals surface area contributed by atoms with Gasteiger partial charge in [0, 0.05) is 6.54 Å². The third kappa shape index (κ3) is 3.32. The van der Waals surface area contributed by atoms with E-state index in [-0.39, 0.29) is 6.10 Å². The predicted molar refractivity (Wildman–Crippen MR) is 84.3 cm³/mol. The molecule has 0 fully saturated rings. The molecule has 0 radical (unpaired) electrons. The first-order chi connectivity index (χ1) is 9.65. The summed E-state index contributed by atoms with van der Waals surface area (Å²) in [7, 11) is 1.64. The molecule has 2 aromatic rings. The molecule has 0 saturated heterocycles. The number of benzene rings is 2. The van der Waals surface area contributed by atoms with Crippen LogP contribution in [0, 0.1) is 6.92 Å². The van der Waals surface area contributed by atoms with Crippen molar-refractivity contribution in [3.8, 4) is 11.5 Å². The van der Waals surface area contributed by atoms with E-state index in [1.807, 2.05) is 36.4 Å². The third-order valence-corrected chi connectivity index (χ3v) is 3.78. The summed E-state index contributed by atoms with van der Waals surface area (Å²) in [5.74, 6) is 1.54. The number of hydrogen-bond acceptors (Lipinski definition) is 3. The van der Waals surface area contributed by atoms with Gasteiger partial charge < -0.3 is 15.2 Å². The SMILES string of the molecule is COc1ccc(OC(CN)c2ccccc2C)c(Br)c1. The molecule has 0 aliphatic heterocycles. The number of hydrogen-bond donors (Lipinski definition) is 1. The highest BCUT2D eigenvalue weighted by atomic mass is 79.9. The first-order valence-electron chi connectivity index (χ1n) is 6.41. The van der Waals surface area contributed by atoms with Gasteiger partial charge in [-0.2, -0.15) is 0 Å². The number of aryl methyl sites for hydroxylation is 1. The first kappa shape index (κ1) is 14.9. The normalized spacial score (nSPS) is 12.0. The summed E-state index contributed by atoms with van der Waals surface area (Å²) < 4.78 is 12.1. The summed E-state index contributed by atoms with van der Waals surface area (Å²) in [4.78, 5) is 0. The van der Waals surface area contributed by atoms with Crippen LogP contribution in [0.2, 0.25) is 0 Å². The fourth-order valence-electron chi connectivity index (χ4n) is 2.04. The van der Waals surface area contributed by atoms with Crippen molar-refractivity contribution in [3.63, 3.8) is 0 Å². The zero-order valence-corrected chi connectivity index (χ0v) is 13.2. The molecule has 4 heteroatoms.